The molecule has 2 atom stereocenters. The van der Waals surface area contributed by atoms with E-state index < -0.39 is 0 Å². The molecule has 1 N–H and O–H groups in total. The Kier molecular flexibility index (Phi) is 8.81. The molecule has 1 saturated heterocycles. The molecule has 0 bridgehead atoms. The molecular weight excluding hydrogens is 314 g/mol. The van der Waals surface area contributed by atoms with Crippen LogP contribution >= 0.6 is 0 Å². The minimum Gasteiger partial charge on any atom is -0.494 e. The van der Waals surface area contributed by atoms with Crippen molar-refractivity contribution in [1.82, 2.24) is 0 Å². The minimum atomic E-state index is -0.0217. The lowest BCUT2D eigenvalue weighted by atomic mass is 9.98. The molecule has 1 aliphatic rings. The first-order valence-electron chi connectivity index (χ1n) is 9.94. The van der Waals surface area contributed by atoms with Crippen LogP contribution in [0.15, 0.2) is 24.3 Å². The molecule has 4 nitrogen and oxygen atoms in total. The van der Waals surface area contributed by atoms with E-state index in [0.717, 1.165) is 51.3 Å². The third kappa shape index (κ3) is 7.07. The van der Waals surface area contributed by atoms with Crippen LogP contribution in [0.3, 0.4) is 0 Å². The average molecular weight is 349 g/mol. The number of piperidine rings is 1. The topological polar surface area (TPSA) is 40.0 Å². The third-order valence-corrected chi connectivity index (χ3v) is 4.88. The van der Waals surface area contributed by atoms with Crippen molar-refractivity contribution < 1.29 is 19.2 Å². The van der Waals surface area contributed by atoms with Crippen LogP contribution in [0.25, 0.3) is 0 Å². The van der Waals surface area contributed by atoms with Crippen LogP contribution in [-0.4, -0.2) is 32.3 Å². The van der Waals surface area contributed by atoms with E-state index in [1.54, 1.807) is 0 Å². The van der Waals surface area contributed by atoms with Crippen molar-refractivity contribution in [3.05, 3.63) is 29.8 Å². The van der Waals surface area contributed by atoms with E-state index in [9.17, 15) is 4.79 Å². The van der Waals surface area contributed by atoms with Crippen molar-refractivity contribution >= 4 is 5.97 Å². The van der Waals surface area contributed by atoms with E-state index in [0.29, 0.717) is 6.61 Å². The summed E-state index contributed by atoms with van der Waals surface area (Å²) in [7, 11) is 0. The quantitative estimate of drug-likeness (QED) is 0.522. The molecule has 0 aliphatic carbocycles. The van der Waals surface area contributed by atoms with Gasteiger partial charge in [-0.1, -0.05) is 26.2 Å². The fourth-order valence-electron chi connectivity index (χ4n) is 3.48. The average Bonchev–Trinajstić information content (AvgIpc) is 2.63. The SMILES string of the molecule is CCCCCCOc1ccc(C[NH+]2CCC[C@H](C(=O)OCC)C2)cc1. The molecule has 0 spiro atoms. The van der Waals surface area contributed by atoms with Crippen LogP contribution in [0, 0.1) is 5.92 Å². The Morgan fingerprint density at radius 2 is 1.96 bits per heavy atom. The number of quaternary nitrogens is 1. The predicted octanol–water partition coefficient (Wildman–Crippen LogP) is 3.00. The molecule has 4 heteroatoms. The zero-order valence-electron chi connectivity index (χ0n) is 15.9. The number of benzene rings is 1. The number of unbranched alkanes of at least 4 members (excludes halogenated alkanes) is 3. The van der Waals surface area contributed by atoms with Crippen molar-refractivity contribution in [3.8, 4) is 5.75 Å². The molecule has 1 aromatic rings. The standard InChI is InChI=1S/C21H33NO3/c1-3-5-6-7-15-25-20-12-10-18(11-13-20)16-22-14-8-9-19(17-22)21(23)24-4-2/h10-13,19H,3-9,14-17H2,1-2H3/p+1/t19-/m0/s1. The first kappa shape index (κ1) is 19.8. The number of ether oxygens (including phenoxy) is 2. The lowest BCUT2D eigenvalue weighted by molar-refractivity contribution is -0.921. The van der Waals surface area contributed by atoms with Gasteiger partial charge < -0.3 is 14.4 Å². The maximum absolute atomic E-state index is 12.0. The Morgan fingerprint density at radius 3 is 2.68 bits per heavy atom. The number of esters is 1. The highest BCUT2D eigenvalue weighted by molar-refractivity contribution is 5.72. The molecule has 1 fully saturated rings. The molecule has 1 heterocycles. The lowest BCUT2D eigenvalue weighted by Gasteiger charge is -2.28. The summed E-state index contributed by atoms with van der Waals surface area (Å²) < 4.78 is 11.0. The number of rotatable bonds is 10. The molecule has 0 radical (unpaired) electrons. The zero-order chi connectivity index (χ0) is 17.9. The van der Waals surface area contributed by atoms with Crippen LogP contribution < -0.4 is 9.64 Å². The van der Waals surface area contributed by atoms with Gasteiger partial charge >= 0.3 is 5.97 Å². The van der Waals surface area contributed by atoms with Crippen molar-refractivity contribution in [1.29, 1.82) is 0 Å². The first-order valence-corrected chi connectivity index (χ1v) is 9.94. The highest BCUT2D eigenvalue weighted by Gasteiger charge is 2.29. The molecule has 0 saturated carbocycles. The summed E-state index contributed by atoms with van der Waals surface area (Å²) in [5.41, 5.74) is 1.30. The molecular formula is C21H34NO3+. The summed E-state index contributed by atoms with van der Waals surface area (Å²) in [5, 5.41) is 0. The van der Waals surface area contributed by atoms with E-state index in [1.165, 1.54) is 29.7 Å². The summed E-state index contributed by atoms with van der Waals surface area (Å²) in [6.45, 7) is 8.35. The third-order valence-electron chi connectivity index (χ3n) is 4.88. The monoisotopic (exact) mass is 348 g/mol. The van der Waals surface area contributed by atoms with Gasteiger partial charge in [0.05, 0.1) is 26.3 Å². The van der Waals surface area contributed by atoms with Crippen molar-refractivity contribution in [2.45, 2.75) is 58.9 Å². The maximum Gasteiger partial charge on any atom is 0.314 e. The number of hydrogen-bond acceptors (Lipinski definition) is 3. The largest absolute Gasteiger partial charge is 0.494 e. The van der Waals surface area contributed by atoms with Gasteiger partial charge in [-0.05, 0) is 50.5 Å². The summed E-state index contributed by atoms with van der Waals surface area (Å²) >= 11 is 0. The van der Waals surface area contributed by atoms with Crippen LogP contribution in [0.5, 0.6) is 5.75 Å². The molecule has 1 aromatic carbocycles. The fraction of sp³-hybridized carbons (Fsp3) is 0.667. The lowest BCUT2D eigenvalue weighted by Crippen LogP contribution is -3.12. The normalized spacial score (nSPS) is 20.2. The number of nitrogens with one attached hydrogen (secondary N) is 1. The van der Waals surface area contributed by atoms with Gasteiger partial charge in [-0.15, -0.1) is 0 Å². The molecule has 0 amide bonds. The second-order valence-electron chi connectivity index (χ2n) is 7.03. The fourth-order valence-corrected chi connectivity index (χ4v) is 3.48. The summed E-state index contributed by atoms with van der Waals surface area (Å²) in [6, 6.07) is 8.45. The van der Waals surface area contributed by atoms with Crippen molar-refractivity contribution in [2.75, 3.05) is 26.3 Å². The van der Waals surface area contributed by atoms with Crippen LogP contribution in [-0.2, 0) is 16.1 Å². The van der Waals surface area contributed by atoms with E-state index in [4.69, 9.17) is 9.47 Å². The Labute approximate surface area is 152 Å². The first-order chi connectivity index (χ1) is 12.2. The Morgan fingerprint density at radius 1 is 1.16 bits per heavy atom. The molecule has 25 heavy (non-hydrogen) atoms. The van der Waals surface area contributed by atoms with E-state index in [2.05, 4.69) is 31.2 Å². The molecule has 140 valence electrons. The Hall–Kier alpha value is -1.55. The zero-order valence-corrected chi connectivity index (χ0v) is 15.9. The van der Waals surface area contributed by atoms with Crippen molar-refractivity contribution in [2.24, 2.45) is 5.92 Å². The van der Waals surface area contributed by atoms with E-state index in [1.807, 2.05) is 6.92 Å². The van der Waals surface area contributed by atoms with Gasteiger partial charge in [0, 0.05) is 5.56 Å². The van der Waals surface area contributed by atoms with Gasteiger partial charge in [-0.2, -0.15) is 0 Å². The summed E-state index contributed by atoms with van der Waals surface area (Å²) in [6.07, 6.45) is 6.97. The number of hydrogen-bond donors (Lipinski definition) is 1. The molecule has 1 aliphatic heterocycles. The van der Waals surface area contributed by atoms with Crippen LogP contribution in [0.1, 0.15) is 57.9 Å². The summed E-state index contributed by atoms with van der Waals surface area (Å²) in [5.74, 6) is 0.999. The molecule has 0 aromatic heterocycles. The Balaban J connectivity index is 1.75. The van der Waals surface area contributed by atoms with Gasteiger partial charge in [0.25, 0.3) is 0 Å². The highest BCUT2D eigenvalue weighted by Crippen LogP contribution is 2.14. The van der Waals surface area contributed by atoms with E-state index in [-0.39, 0.29) is 11.9 Å². The summed E-state index contributed by atoms with van der Waals surface area (Å²) in [4.78, 5) is 13.4. The number of carbonyl (C=O) groups excluding carboxylic acids is 1. The number of carbonyl (C=O) groups is 1. The maximum atomic E-state index is 12.0. The van der Waals surface area contributed by atoms with Gasteiger partial charge in [0.1, 0.15) is 18.2 Å². The smallest absolute Gasteiger partial charge is 0.314 e. The van der Waals surface area contributed by atoms with Gasteiger partial charge in [0.15, 0.2) is 0 Å². The van der Waals surface area contributed by atoms with E-state index >= 15 is 0 Å². The molecule has 2 rings (SSSR count). The van der Waals surface area contributed by atoms with Crippen LogP contribution in [0.4, 0.5) is 0 Å². The molecule has 1 unspecified atom stereocenters. The highest BCUT2D eigenvalue weighted by atomic mass is 16.5. The minimum absolute atomic E-state index is 0.0217. The Bertz CT molecular complexity index is 500. The van der Waals surface area contributed by atoms with Gasteiger partial charge in [0.2, 0.25) is 0 Å². The van der Waals surface area contributed by atoms with Crippen molar-refractivity contribution in [3.63, 3.8) is 0 Å². The van der Waals surface area contributed by atoms with Gasteiger partial charge in [-0.3, -0.25) is 4.79 Å². The second-order valence-corrected chi connectivity index (χ2v) is 7.03. The van der Waals surface area contributed by atoms with Gasteiger partial charge in [-0.25, -0.2) is 0 Å². The predicted molar refractivity (Wildman–Crippen MR) is 99.8 cm³/mol. The number of likely N-dealkylation sites (tertiary alicyclic amines) is 1. The van der Waals surface area contributed by atoms with Crippen LogP contribution in [0.2, 0.25) is 0 Å². The second kappa shape index (κ2) is 11.1.